The standard InChI is InChI=1S/C10H16N4S/c1-7(2)14-5-4-11-8-6-12-10(15-3)13-9(8)14/h6-7,11H,4-5H2,1-3H3. The number of fused-ring (bicyclic) bond motifs is 1. The van der Waals surface area contributed by atoms with Gasteiger partial charge in [-0.05, 0) is 20.1 Å². The third-order valence-corrected chi connectivity index (χ3v) is 3.05. The molecule has 0 radical (unpaired) electrons. The first kappa shape index (κ1) is 10.5. The Morgan fingerprint density at radius 2 is 2.33 bits per heavy atom. The number of hydrogen-bond donors (Lipinski definition) is 1. The van der Waals surface area contributed by atoms with Crippen LogP contribution in [-0.2, 0) is 0 Å². The molecule has 1 N–H and O–H groups in total. The summed E-state index contributed by atoms with van der Waals surface area (Å²) in [5.41, 5.74) is 1.05. The van der Waals surface area contributed by atoms with Crippen molar-refractivity contribution < 1.29 is 0 Å². The Hall–Kier alpha value is -0.970. The van der Waals surface area contributed by atoms with E-state index in [0.717, 1.165) is 29.8 Å². The number of aromatic nitrogens is 2. The summed E-state index contributed by atoms with van der Waals surface area (Å²) in [7, 11) is 0. The van der Waals surface area contributed by atoms with Gasteiger partial charge in [-0.3, -0.25) is 0 Å². The van der Waals surface area contributed by atoms with Gasteiger partial charge in [0.05, 0.1) is 11.9 Å². The van der Waals surface area contributed by atoms with Crippen LogP contribution in [0.15, 0.2) is 11.4 Å². The van der Waals surface area contributed by atoms with Gasteiger partial charge in [-0.25, -0.2) is 9.97 Å². The van der Waals surface area contributed by atoms with Crippen molar-refractivity contribution in [1.82, 2.24) is 9.97 Å². The molecule has 0 spiro atoms. The maximum atomic E-state index is 4.55. The molecule has 2 rings (SSSR count). The van der Waals surface area contributed by atoms with Gasteiger partial charge < -0.3 is 10.2 Å². The first-order valence-corrected chi connectivity index (χ1v) is 6.36. The lowest BCUT2D eigenvalue weighted by atomic mass is 10.2. The van der Waals surface area contributed by atoms with E-state index in [1.165, 1.54) is 0 Å². The van der Waals surface area contributed by atoms with Crippen LogP contribution >= 0.6 is 11.8 Å². The molecule has 1 aromatic rings. The van der Waals surface area contributed by atoms with Crippen molar-refractivity contribution in [2.45, 2.75) is 25.0 Å². The molecule has 82 valence electrons. The molecule has 0 bridgehead atoms. The van der Waals surface area contributed by atoms with E-state index in [9.17, 15) is 0 Å². The Kier molecular flexibility index (Phi) is 3.00. The van der Waals surface area contributed by atoms with Gasteiger partial charge in [0.1, 0.15) is 0 Å². The van der Waals surface area contributed by atoms with Crippen molar-refractivity contribution in [2.24, 2.45) is 0 Å². The second kappa shape index (κ2) is 4.26. The van der Waals surface area contributed by atoms with E-state index in [1.807, 2.05) is 12.5 Å². The molecule has 2 heterocycles. The van der Waals surface area contributed by atoms with Crippen LogP contribution < -0.4 is 10.2 Å². The predicted octanol–water partition coefficient (Wildman–Crippen LogP) is 1.84. The highest BCUT2D eigenvalue weighted by Gasteiger charge is 2.20. The molecular formula is C10H16N4S. The van der Waals surface area contributed by atoms with Crippen LogP contribution in [0, 0.1) is 0 Å². The molecule has 0 atom stereocenters. The SMILES string of the molecule is CSc1ncc2c(n1)N(C(C)C)CCN2. The molecular weight excluding hydrogens is 208 g/mol. The minimum absolute atomic E-state index is 0.482. The number of thioether (sulfide) groups is 1. The molecule has 1 aromatic heterocycles. The molecule has 0 fully saturated rings. The van der Waals surface area contributed by atoms with Crippen LogP contribution in [0.25, 0.3) is 0 Å². The lowest BCUT2D eigenvalue weighted by molar-refractivity contribution is 0.662. The summed E-state index contributed by atoms with van der Waals surface area (Å²) in [6, 6.07) is 0.482. The van der Waals surface area contributed by atoms with Crippen molar-refractivity contribution in [1.29, 1.82) is 0 Å². The fraction of sp³-hybridized carbons (Fsp3) is 0.600. The van der Waals surface area contributed by atoms with Crippen LogP contribution in [0.1, 0.15) is 13.8 Å². The lowest BCUT2D eigenvalue weighted by Gasteiger charge is -2.33. The van der Waals surface area contributed by atoms with Crippen LogP contribution in [0.4, 0.5) is 11.5 Å². The molecule has 0 aromatic carbocycles. The zero-order valence-electron chi connectivity index (χ0n) is 9.32. The first-order chi connectivity index (χ1) is 7.22. The van der Waals surface area contributed by atoms with Crippen LogP contribution in [0.5, 0.6) is 0 Å². The van der Waals surface area contributed by atoms with E-state index in [1.54, 1.807) is 11.8 Å². The molecule has 1 aliphatic rings. The minimum atomic E-state index is 0.482. The van der Waals surface area contributed by atoms with Crippen LogP contribution in [0.2, 0.25) is 0 Å². The van der Waals surface area contributed by atoms with Gasteiger partial charge in [-0.2, -0.15) is 0 Å². The lowest BCUT2D eigenvalue weighted by Crippen LogP contribution is -2.39. The Labute approximate surface area is 94.5 Å². The molecule has 0 saturated heterocycles. The normalized spacial score (nSPS) is 15.1. The Morgan fingerprint density at radius 3 is 3.00 bits per heavy atom. The summed E-state index contributed by atoms with van der Waals surface area (Å²) < 4.78 is 0. The second-order valence-corrected chi connectivity index (χ2v) is 4.58. The van der Waals surface area contributed by atoms with E-state index in [2.05, 4.69) is 34.0 Å². The third-order valence-electron chi connectivity index (χ3n) is 2.49. The van der Waals surface area contributed by atoms with E-state index in [0.29, 0.717) is 6.04 Å². The quantitative estimate of drug-likeness (QED) is 0.613. The zero-order valence-corrected chi connectivity index (χ0v) is 10.1. The number of anilines is 2. The van der Waals surface area contributed by atoms with Gasteiger partial charge in [0.2, 0.25) is 0 Å². The van der Waals surface area contributed by atoms with Gasteiger partial charge in [-0.15, -0.1) is 0 Å². The van der Waals surface area contributed by atoms with E-state index in [-0.39, 0.29) is 0 Å². The Bertz CT molecular complexity index is 353. The minimum Gasteiger partial charge on any atom is -0.379 e. The van der Waals surface area contributed by atoms with Gasteiger partial charge in [0.25, 0.3) is 0 Å². The van der Waals surface area contributed by atoms with Crippen molar-refractivity contribution in [3.8, 4) is 0 Å². The van der Waals surface area contributed by atoms with Gasteiger partial charge in [0.15, 0.2) is 11.0 Å². The summed E-state index contributed by atoms with van der Waals surface area (Å²) in [6.45, 7) is 6.36. The number of hydrogen-bond acceptors (Lipinski definition) is 5. The molecule has 15 heavy (non-hydrogen) atoms. The summed E-state index contributed by atoms with van der Waals surface area (Å²) in [6.07, 6.45) is 3.88. The van der Waals surface area contributed by atoms with Gasteiger partial charge in [-0.1, -0.05) is 11.8 Å². The zero-order chi connectivity index (χ0) is 10.8. The topological polar surface area (TPSA) is 41.1 Å². The van der Waals surface area contributed by atoms with Crippen molar-refractivity contribution in [2.75, 3.05) is 29.6 Å². The molecule has 5 heteroatoms. The fourth-order valence-electron chi connectivity index (χ4n) is 1.72. The van der Waals surface area contributed by atoms with Gasteiger partial charge >= 0.3 is 0 Å². The molecule has 0 amide bonds. The molecule has 0 unspecified atom stereocenters. The first-order valence-electron chi connectivity index (χ1n) is 5.14. The largest absolute Gasteiger partial charge is 0.379 e. The van der Waals surface area contributed by atoms with Gasteiger partial charge in [0, 0.05) is 19.1 Å². The Balaban J connectivity index is 2.39. The highest BCUT2D eigenvalue weighted by atomic mass is 32.2. The summed E-state index contributed by atoms with van der Waals surface area (Å²) >= 11 is 1.58. The van der Waals surface area contributed by atoms with Crippen molar-refractivity contribution >= 4 is 23.3 Å². The molecule has 0 saturated carbocycles. The maximum Gasteiger partial charge on any atom is 0.189 e. The Morgan fingerprint density at radius 1 is 1.53 bits per heavy atom. The second-order valence-electron chi connectivity index (χ2n) is 3.81. The predicted molar refractivity (Wildman–Crippen MR) is 64.8 cm³/mol. The average Bonchev–Trinajstić information content (AvgIpc) is 2.27. The average molecular weight is 224 g/mol. The van der Waals surface area contributed by atoms with E-state index in [4.69, 9.17) is 0 Å². The van der Waals surface area contributed by atoms with Crippen LogP contribution in [0.3, 0.4) is 0 Å². The summed E-state index contributed by atoms with van der Waals surface area (Å²) in [5, 5.41) is 4.16. The highest BCUT2D eigenvalue weighted by molar-refractivity contribution is 7.98. The fourth-order valence-corrected chi connectivity index (χ4v) is 2.05. The number of rotatable bonds is 2. The summed E-state index contributed by atoms with van der Waals surface area (Å²) in [5.74, 6) is 1.04. The maximum absolute atomic E-state index is 4.55. The number of nitrogens with one attached hydrogen (secondary N) is 1. The highest BCUT2D eigenvalue weighted by Crippen LogP contribution is 2.28. The summed E-state index contributed by atoms with van der Waals surface area (Å²) in [4.78, 5) is 11.1. The monoisotopic (exact) mass is 224 g/mol. The molecule has 1 aliphatic heterocycles. The van der Waals surface area contributed by atoms with Crippen molar-refractivity contribution in [3.05, 3.63) is 6.20 Å². The molecule has 0 aliphatic carbocycles. The number of nitrogens with zero attached hydrogens (tertiary/aromatic N) is 3. The van der Waals surface area contributed by atoms with E-state index >= 15 is 0 Å². The third kappa shape index (κ3) is 2.02. The smallest absolute Gasteiger partial charge is 0.189 e. The van der Waals surface area contributed by atoms with Crippen LogP contribution in [-0.4, -0.2) is 35.4 Å². The van der Waals surface area contributed by atoms with Crippen molar-refractivity contribution in [3.63, 3.8) is 0 Å². The molecule has 4 nitrogen and oxygen atoms in total. The van der Waals surface area contributed by atoms with E-state index < -0.39 is 0 Å².